The van der Waals surface area contributed by atoms with Crippen LogP contribution in [0.2, 0.25) is 0 Å². The number of carbonyl (C=O) groups excluding carboxylic acids is 2. The molecule has 2 amide bonds. The third kappa shape index (κ3) is 4.50. The zero-order valence-electron chi connectivity index (χ0n) is 17.5. The van der Waals surface area contributed by atoms with Crippen LogP contribution in [0.15, 0.2) is 30.9 Å². The number of halogens is 2. The van der Waals surface area contributed by atoms with E-state index in [1.807, 2.05) is 15.8 Å². The monoisotopic (exact) mass is 448 g/mol. The van der Waals surface area contributed by atoms with Gasteiger partial charge in [-0.15, -0.1) is 0 Å². The van der Waals surface area contributed by atoms with Gasteiger partial charge in [0.15, 0.2) is 11.6 Å². The van der Waals surface area contributed by atoms with Crippen LogP contribution in [0.25, 0.3) is 0 Å². The number of hydrogen-bond donors (Lipinski definition) is 3. The summed E-state index contributed by atoms with van der Waals surface area (Å²) in [5, 5.41) is 15.8. The van der Waals surface area contributed by atoms with Crippen molar-refractivity contribution in [3.63, 3.8) is 0 Å². The first-order valence-corrected chi connectivity index (χ1v) is 10.7. The number of nitrogens with one attached hydrogen (secondary N) is 2. The van der Waals surface area contributed by atoms with Gasteiger partial charge in [-0.3, -0.25) is 14.8 Å². The number of imidazole rings is 1. The average molecular weight is 448 g/mol. The first-order chi connectivity index (χ1) is 15.5. The molecular weight excluding hydrogens is 422 g/mol. The van der Waals surface area contributed by atoms with Crippen molar-refractivity contribution in [2.75, 3.05) is 18.4 Å². The van der Waals surface area contributed by atoms with Gasteiger partial charge in [0.25, 0.3) is 5.91 Å². The van der Waals surface area contributed by atoms with Crippen LogP contribution < -0.4 is 10.8 Å². The lowest BCUT2D eigenvalue weighted by atomic mass is 10.0. The standard InChI is InChI=1S/C21H26F2N6O3/c22-15-11-14(20(30)26-32)17(12-16(15)23)25-21(31)18-5-6-19(27-10-7-24-13-27)29-9-4-2-1-3-8-28(18)29/h7,10-13,18-19,32H,1-6,8-9H2,(H,25,31)(H,26,30). The molecule has 32 heavy (non-hydrogen) atoms. The molecule has 3 N–H and O–H groups in total. The van der Waals surface area contributed by atoms with Gasteiger partial charge < -0.3 is 9.88 Å². The zero-order chi connectivity index (χ0) is 22.7. The molecule has 2 fully saturated rings. The fourth-order valence-corrected chi connectivity index (χ4v) is 4.55. The normalized spacial score (nSPS) is 22.5. The van der Waals surface area contributed by atoms with Gasteiger partial charge in [-0.1, -0.05) is 12.8 Å². The number of carbonyl (C=O) groups is 2. The summed E-state index contributed by atoms with van der Waals surface area (Å²) in [6.45, 7) is 1.47. The largest absolute Gasteiger partial charge is 0.324 e. The summed E-state index contributed by atoms with van der Waals surface area (Å²) in [7, 11) is 0. The Kier molecular flexibility index (Phi) is 6.77. The Morgan fingerprint density at radius 1 is 1.03 bits per heavy atom. The Labute approximate surface area is 183 Å². The van der Waals surface area contributed by atoms with E-state index in [-0.39, 0.29) is 17.4 Å². The number of anilines is 1. The molecule has 0 bridgehead atoms. The highest BCUT2D eigenvalue weighted by Gasteiger charge is 2.39. The number of fused-ring (bicyclic) bond motifs is 1. The van der Waals surface area contributed by atoms with Crippen LogP contribution >= 0.6 is 0 Å². The summed E-state index contributed by atoms with van der Waals surface area (Å²) >= 11 is 0. The maximum Gasteiger partial charge on any atom is 0.276 e. The Bertz CT molecular complexity index is 971. The number of hydrogen-bond acceptors (Lipinski definition) is 6. The highest BCUT2D eigenvalue weighted by Crippen LogP contribution is 2.33. The van der Waals surface area contributed by atoms with Crippen molar-refractivity contribution in [3.8, 4) is 0 Å². The van der Waals surface area contributed by atoms with Gasteiger partial charge in [0, 0.05) is 31.5 Å². The summed E-state index contributed by atoms with van der Waals surface area (Å²) < 4.78 is 29.5. The fourth-order valence-electron chi connectivity index (χ4n) is 4.55. The third-order valence-electron chi connectivity index (χ3n) is 6.09. The Hall–Kier alpha value is -2.89. The molecule has 0 aliphatic carbocycles. The number of hydrazine groups is 1. The number of rotatable bonds is 4. The van der Waals surface area contributed by atoms with Crippen molar-refractivity contribution in [1.82, 2.24) is 25.0 Å². The third-order valence-corrected chi connectivity index (χ3v) is 6.09. The fraction of sp³-hybridized carbons (Fsp3) is 0.476. The topological polar surface area (TPSA) is 103 Å². The summed E-state index contributed by atoms with van der Waals surface area (Å²) in [6, 6.07) is 0.862. The van der Waals surface area contributed by atoms with E-state index >= 15 is 0 Å². The molecule has 2 unspecified atom stereocenters. The molecule has 9 nitrogen and oxygen atoms in total. The SMILES string of the molecule is O=C(NO)c1cc(F)c(F)cc1NC(=O)C1CCC(n2ccnc2)N2CCCCCCN12. The molecule has 2 atom stereocenters. The number of benzene rings is 1. The van der Waals surface area contributed by atoms with Crippen LogP contribution in [0.1, 0.15) is 55.0 Å². The van der Waals surface area contributed by atoms with E-state index in [9.17, 15) is 18.4 Å². The predicted octanol–water partition coefficient (Wildman–Crippen LogP) is 2.67. The molecule has 2 aliphatic rings. The van der Waals surface area contributed by atoms with Crippen LogP contribution in [0, 0.1) is 11.6 Å². The van der Waals surface area contributed by atoms with Crippen LogP contribution in [0.3, 0.4) is 0 Å². The Balaban J connectivity index is 1.60. The van der Waals surface area contributed by atoms with E-state index in [1.54, 1.807) is 12.5 Å². The molecule has 4 rings (SSSR count). The molecule has 2 aliphatic heterocycles. The molecule has 2 aromatic rings. The van der Waals surface area contributed by atoms with E-state index in [0.717, 1.165) is 38.3 Å². The Morgan fingerprint density at radius 2 is 1.75 bits per heavy atom. The van der Waals surface area contributed by atoms with Crippen LogP contribution in [-0.4, -0.2) is 55.7 Å². The molecular formula is C21H26F2N6O3. The lowest BCUT2D eigenvalue weighted by molar-refractivity contribution is -0.164. The van der Waals surface area contributed by atoms with Gasteiger partial charge in [-0.05, 0) is 31.7 Å². The zero-order valence-corrected chi connectivity index (χ0v) is 17.5. The number of hydroxylamine groups is 1. The van der Waals surface area contributed by atoms with Crippen LogP contribution in [-0.2, 0) is 4.79 Å². The molecule has 0 radical (unpaired) electrons. The highest BCUT2D eigenvalue weighted by atomic mass is 19.2. The number of amides is 2. The molecule has 0 spiro atoms. The van der Waals surface area contributed by atoms with Crippen LogP contribution in [0.5, 0.6) is 0 Å². The summed E-state index contributed by atoms with van der Waals surface area (Å²) in [5.41, 5.74) is 0.834. The number of nitrogens with zero attached hydrogens (tertiary/aromatic N) is 4. The van der Waals surface area contributed by atoms with E-state index in [1.165, 1.54) is 5.48 Å². The van der Waals surface area contributed by atoms with Crippen molar-refractivity contribution in [2.45, 2.75) is 50.7 Å². The second-order valence-electron chi connectivity index (χ2n) is 8.07. The maximum absolute atomic E-state index is 13.8. The van der Waals surface area contributed by atoms with E-state index in [2.05, 4.69) is 15.3 Å². The van der Waals surface area contributed by atoms with E-state index in [0.29, 0.717) is 25.5 Å². The van der Waals surface area contributed by atoms with Crippen molar-refractivity contribution < 1.29 is 23.6 Å². The first-order valence-electron chi connectivity index (χ1n) is 10.7. The van der Waals surface area contributed by atoms with Gasteiger partial charge in [-0.2, -0.15) is 0 Å². The number of aromatic nitrogens is 2. The molecule has 1 aromatic carbocycles. The van der Waals surface area contributed by atoms with E-state index < -0.39 is 29.5 Å². The van der Waals surface area contributed by atoms with Gasteiger partial charge in [0.1, 0.15) is 12.2 Å². The minimum Gasteiger partial charge on any atom is -0.324 e. The molecule has 1 aromatic heterocycles. The second kappa shape index (κ2) is 9.72. The molecule has 3 heterocycles. The molecule has 2 saturated heterocycles. The predicted molar refractivity (Wildman–Crippen MR) is 110 cm³/mol. The maximum atomic E-state index is 13.8. The molecule has 11 heteroatoms. The second-order valence-corrected chi connectivity index (χ2v) is 8.07. The van der Waals surface area contributed by atoms with Crippen molar-refractivity contribution in [3.05, 3.63) is 48.1 Å². The van der Waals surface area contributed by atoms with Gasteiger partial charge >= 0.3 is 0 Å². The van der Waals surface area contributed by atoms with Gasteiger partial charge in [0.05, 0.1) is 17.6 Å². The van der Waals surface area contributed by atoms with Crippen molar-refractivity contribution in [1.29, 1.82) is 0 Å². The van der Waals surface area contributed by atoms with E-state index in [4.69, 9.17) is 5.21 Å². The highest BCUT2D eigenvalue weighted by molar-refractivity contribution is 6.04. The first kappa shape index (κ1) is 22.3. The average Bonchev–Trinajstić information content (AvgIpc) is 3.30. The minimum absolute atomic E-state index is 0.0404. The lowest BCUT2D eigenvalue weighted by Gasteiger charge is -2.49. The summed E-state index contributed by atoms with van der Waals surface area (Å²) in [4.78, 5) is 29.3. The van der Waals surface area contributed by atoms with Gasteiger partial charge in [0.2, 0.25) is 5.91 Å². The molecule has 172 valence electrons. The smallest absolute Gasteiger partial charge is 0.276 e. The van der Waals surface area contributed by atoms with Gasteiger partial charge in [-0.25, -0.2) is 29.3 Å². The quantitative estimate of drug-likeness (QED) is 0.491. The van der Waals surface area contributed by atoms with Crippen molar-refractivity contribution >= 4 is 17.5 Å². The minimum atomic E-state index is -1.25. The van der Waals surface area contributed by atoms with Crippen LogP contribution in [0.4, 0.5) is 14.5 Å². The Morgan fingerprint density at radius 3 is 2.44 bits per heavy atom. The lowest BCUT2D eigenvalue weighted by Crippen LogP contribution is -2.59. The van der Waals surface area contributed by atoms with Crippen molar-refractivity contribution in [2.24, 2.45) is 0 Å². The summed E-state index contributed by atoms with van der Waals surface area (Å²) in [6.07, 6.45) is 10.8. The summed E-state index contributed by atoms with van der Waals surface area (Å²) in [5.74, 6) is -3.92. The molecule has 0 saturated carbocycles.